The number of aromatic nitrogens is 1. The van der Waals surface area contributed by atoms with Crippen LogP contribution in [0, 0.1) is 0 Å². The van der Waals surface area contributed by atoms with E-state index in [2.05, 4.69) is 31.6 Å². The highest BCUT2D eigenvalue weighted by molar-refractivity contribution is 5.96. The van der Waals surface area contributed by atoms with Gasteiger partial charge in [0.1, 0.15) is 23.4 Å². The van der Waals surface area contributed by atoms with Crippen LogP contribution in [0.1, 0.15) is 76.1 Å². The van der Waals surface area contributed by atoms with Crippen molar-refractivity contribution in [3.8, 4) is 5.75 Å². The minimum Gasteiger partial charge on any atom is -0.484 e. The van der Waals surface area contributed by atoms with E-state index in [0.717, 1.165) is 32.2 Å². The van der Waals surface area contributed by atoms with Gasteiger partial charge in [-0.15, -0.1) is 0 Å². The summed E-state index contributed by atoms with van der Waals surface area (Å²) < 4.78 is 27.6. The summed E-state index contributed by atoms with van der Waals surface area (Å²) in [6.07, 6.45) is 6.31. The monoisotopic (exact) mass is 774 g/mol. The van der Waals surface area contributed by atoms with Crippen molar-refractivity contribution in [3.63, 3.8) is 0 Å². The van der Waals surface area contributed by atoms with E-state index in [-0.39, 0.29) is 38.1 Å². The van der Waals surface area contributed by atoms with Crippen LogP contribution in [0.2, 0.25) is 0 Å². The number of aldehydes is 1. The number of carbonyl (C=O) groups is 5. The summed E-state index contributed by atoms with van der Waals surface area (Å²) in [6, 6.07) is 5.11. The second-order valence-corrected chi connectivity index (χ2v) is 13.8. The van der Waals surface area contributed by atoms with Gasteiger partial charge >= 0.3 is 5.97 Å². The van der Waals surface area contributed by atoms with Gasteiger partial charge in [-0.25, -0.2) is 4.79 Å². The lowest BCUT2D eigenvalue weighted by Gasteiger charge is -2.26. The molecule has 0 aliphatic heterocycles. The number of benzene rings is 1. The largest absolute Gasteiger partial charge is 0.484 e. The molecule has 55 heavy (non-hydrogen) atoms. The second-order valence-electron chi connectivity index (χ2n) is 13.8. The molecule has 2 rings (SSSR count). The lowest BCUT2D eigenvalue weighted by atomic mass is 10.1. The maximum absolute atomic E-state index is 13.4. The van der Waals surface area contributed by atoms with Crippen LogP contribution >= 0.6 is 0 Å². The van der Waals surface area contributed by atoms with E-state index in [9.17, 15) is 24.0 Å². The van der Waals surface area contributed by atoms with E-state index in [1.807, 2.05) is 14.1 Å². The molecule has 16 heteroatoms. The van der Waals surface area contributed by atoms with E-state index in [4.69, 9.17) is 23.7 Å². The number of fused-ring (bicyclic) bond motifs is 1. The molecule has 16 nitrogen and oxygen atoms in total. The number of esters is 1. The zero-order valence-electron chi connectivity index (χ0n) is 33.2. The molecule has 308 valence electrons. The first-order chi connectivity index (χ1) is 26.5. The summed E-state index contributed by atoms with van der Waals surface area (Å²) in [7, 11) is 3.72. The number of rotatable bonds is 30. The standard InChI is InChI=1S/C39H62N6O10/c1-39(2,3)55-38(50)33(11-7-9-17-41-5)45-37(49)32(10-6-8-16-40-4)44-35(47)15-20-51-22-24-53-25-23-52-21-19-43-36(48)28-54-30-12-13-31-29(27-46)14-18-42-34(31)26-30/h12-14,18,26-27,32-33,40-41H,6-11,15-17,19-25,28H2,1-5H3,(H,43,48)(H,44,47)(H,45,49)/t32-,33-/m0/s1. The normalized spacial score (nSPS) is 12.5. The molecule has 0 radical (unpaired) electrons. The van der Waals surface area contributed by atoms with Crippen LogP contribution in [-0.2, 0) is 38.1 Å². The first kappa shape index (κ1) is 46.9. The zero-order valence-corrected chi connectivity index (χ0v) is 33.2. The van der Waals surface area contributed by atoms with Crippen molar-refractivity contribution in [2.75, 3.05) is 80.0 Å². The van der Waals surface area contributed by atoms with Crippen LogP contribution in [0.3, 0.4) is 0 Å². The van der Waals surface area contributed by atoms with Crippen LogP contribution in [-0.4, -0.2) is 133 Å². The molecule has 0 spiro atoms. The van der Waals surface area contributed by atoms with E-state index >= 15 is 0 Å². The van der Waals surface area contributed by atoms with Gasteiger partial charge in [0, 0.05) is 36.2 Å². The minimum absolute atomic E-state index is 0.0569. The Bertz CT molecular complexity index is 1450. The molecule has 1 heterocycles. The molecule has 5 N–H and O–H groups in total. The molecule has 0 saturated carbocycles. The topological polar surface area (TPSA) is 205 Å². The van der Waals surface area contributed by atoms with Gasteiger partial charge in [0.05, 0.1) is 45.2 Å². The maximum Gasteiger partial charge on any atom is 0.329 e. The summed E-state index contributed by atoms with van der Waals surface area (Å²) in [4.78, 5) is 66.6. The van der Waals surface area contributed by atoms with Gasteiger partial charge in [0.15, 0.2) is 12.9 Å². The summed E-state index contributed by atoms with van der Waals surface area (Å²) in [5.41, 5.74) is 0.435. The molecule has 0 bridgehead atoms. The van der Waals surface area contributed by atoms with Crippen molar-refractivity contribution in [1.29, 1.82) is 0 Å². The summed E-state index contributed by atoms with van der Waals surface area (Å²) in [5.74, 6) is -1.07. The second kappa shape index (κ2) is 27.4. The smallest absolute Gasteiger partial charge is 0.329 e. The first-order valence-corrected chi connectivity index (χ1v) is 19.1. The average molecular weight is 775 g/mol. The highest BCUT2D eigenvalue weighted by Crippen LogP contribution is 2.21. The third-order valence-electron chi connectivity index (χ3n) is 8.03. The van der Waals surface area contributed by atoms with E-state index < -0.39 is 29.6 Å². The number of ether oxygens (including phenoxy) is 5. The fourth-order valence-corrected chi connectivity index (χ4v) is 5.24. The van der Waals surface area contributed by atoms with Crippen LogP contribution in [0.4, 0.5) is 0 Å². The van der Waals surface area contributed by atoms with Gasteiger partial charge in [0.2, 0.25) is 11.8 Å². The maximum atomic E-state index is 13.4. The van der Waals surface area contributed by atoms with Crippen LogP contribution in [0.15, 0.2) is 30.5 Å². The molecule has 0 fully saturated rings. The molecule has 0 aliphatic rings. The van der Waals surface area contributed by atoms with Crippen molar-refractivity contribution in [2.24, 2.45) is 0 Å². The van der Waals surface area contributed by atoms with Crippen LogP contribution < -0.4 is 31.3 Å². The van der Waals surface area contributed by atoms with Crippen LogP contribution in [0.25, 0.3) is 10.9 Å². The van der Waals surface area contributed by atoms with Gasteiger partial charge in [-0.1, -0.05) is 0 Å². The molecule has 1 aromatic carbocycles. The molecule has 0 aliphatic carbocycles. The lowest BCUT2D eigenvalue weighted by molar-refractivity contribution is -0.159. The van der Waals surface area contributed by atoms with E-state index in [0.29, 0.717) is 80.9 Å². The van der Waals surface area contributed by atoms with Crippen molar-refractivity contribution in [1.82, 2.24) is 31.6 Å². The highest BCUT2D eigenvalue weighted by atomic mass is 16.6. The van der Waals surface area contributed by atoms with E-state index in [1.54, 1.807) is 51.2 Å². The third kappa shape index (κ3) is 20.9. The third-order valence-corrected chi connectivity index (χ3v) is 8.03. The minimum atomic E-state index is -0.817. The quantitative estimate of drug-likeness (QED) is 0.0439. The van der Waals surface area contributed by atoms with Crippen molar-refractivity contribution in [3.05, 3.63) is 36.0 Å². The Kier molecular flexibility index (Phi) is 23.4. The fourth-order valence-electron chi connectivity index (χ4n) is 5.24. The number of hydrogen-bond acceptors (Lipinski definition) is 13. The average Bonchev–Trinajstić information content (AvgIpc) is 3.15. The predicted molar refractivity (Wildman–Crippen MR) is 208 cm³/mol. The van der Waals surface area contributed by atoms with Gasteiger partial charge < -0.3 is 50.3 Å². The number of nitrogens with zero attached hydrogens (tertiary/aromatic N) is 1. The zero-order chi connectivity index (χ0) is 40.3. The number of unbranched alkanes of at least 4 members (excludes halogenated alkanes) is 2. The number of nitrogens with one attached hydrogen (secondary N) is 5. The van der Waals surface area contributed by atoms with E-state index in [1.165, 1.54) is 0 Å². The number of hydrogen-bond donors (Lipinski definition) is 5. The first-order valence-electron chi connectivity index (χ1n) is 19.1. The van der Waals surface area contributed by atoms with Gasteiger partial charge in [-0.3, -0.25) is 24.2 Å². The van der Waals surface area contributed by atoms with Gasteiger partial charge in [-0.2, -0.15) is 0 Å². The Morgan fingerprint density at radius 1 is 0.764 bits per heavy atom. The molecule has 2 atom stereocenters. The SMILES string of the molecule is CNCCCC[C@H](NC(=O)CCOCCOCCOCCNC(=O)COc1ccc2c(C=O)ccnc2c1)C(=O)N[C@@H](CCCCNC)C(=O)OC(C)(C)C. The van der Waals surface area contributed by atoms with Crippen molar-refractivity contribution < 1.29 is 47.7 Å². The summed E-state index contributed by atoms with van der Waals surface area (Å²) in [5, 5.41) is 15.3. The Balaban J connectivity index is 1.61. The van der Waals surface area contributed by atoms with Crippen molar-refractivity contribution >= 4 is 40.9 Å². The van der Waals surface area contributed by atoms with Crippen LogP contribution in [0.5, 0.6) is 5.75 Å². The Morgan fingerprint density at radius 2 is 1.40 bits per heavy atom. The Labute approximate surface area is 324 Å². The molecule has 1 aromatic heterocycles. The fraction of sp³-hybridized carbons (Fsp3) is 0.641. The predicted octanol–water partition coefficient (Wildman–Crippen LogP) is 2.07. The Morgan fingerprint density at radius 3 is 2.04 bits per heavy atom. The summed E-state index contributed by atoms with van der Waals surface area (Å²) in [6.45, 7) is 8.71. The molecule has 0 unspecified atom stereocenters. The summed E-state index contributed by atoms with van der Waals surface area (Å²) >= 11 is 0. The molecule has 0 saturated heterocycles. The van der Waals surface area contributed by atoms with Gasteiger partial charge in [0.25, 0.3) is 5.91 Å². The van der Waals surface area contributed by atoms with Gasteiger partial charge in [-0.05, 0) is 105 Å². The molecular formula is C39H62N6O10. The molecule has 3 amide bonds. The number of carbonyl (C=O) groups excluding carboxylic acids is 5. The number of amides is 3. The van der Waals surface area contributed by atoms with Crippen molar-refractivity contribution in [2.45, 2.75) is 83.4 Å². The highest BCUT2D eigenvalue weighted by Gasteiger charge is 2.29. The number of pyridine rings is 1. The Hall–Kier alpha value is -4.22. The lowest BCUT2D eigenvalue weighted by Crippen LogP contribution is -2.52. The molecular weight excluding hydrogens is 712 g/mol. The molecule has 2 aromatic rings.